The zero-order valence-corrected chi connectivity index (χ0v) is 13.2. The number of hydrogen-bond acceptors (Lipinski definition) is 5. The van der Waals surface area contributed by atoms with Gasteiger partial charge in [-0.15, -0.1) is 12.4 Å². The minimum Gasteiger partial charge on any atom is -0.325 e. The van der Waals surface area contributed by atoms with Gasteiger partial charge < -0.3 is 5.73 Å². The van der Waals surface area contributed by atoms with Gasteiger partial charge in [0.15, 0.2) is 0 Å². The van der Waals surface area contributed by atoms with Crippen LogP contribution in [0.5, 0.6) is 0 Å². The molecule has 0 aromatic heterocycles. The number of hydrogen-bond donors (Lipinski definition) is 2. The Bertz CT molecular complexity index is 640. The third kappa shape index (κ3) is 5.13. The molecule has 0 fully saturated rings. The van der Waals surface area contributed by atoms with Crippen LogP contribution >= 0.6 is 12.4 Å². The molecule has 3 N–H and O–H groups in total. The number of sulfonamides is 1. The molecule has 0 amide bonds. The van der Waals surface area contributed by atoms with Gasteiger partial charge in [0.05, 0.1) is 22.9 Å². The van der Waals surface area contributed by atoms with E-state index in [2.05, 4.69) is 0 Å². The first-order valence-corrected chi connectivity index (χ1v) is 7.46. The summed E-state index contributed by atoms with van der Waals surface area (Å²) in [4.78, 5) is 9.56. The summed E-state index contributed by atoms with van der Waals surface area (Å²) in [5.41, 5.74) is 4.68. The normalized spacial score (nSPS) is 11.8. The number of rotatable bonds is 7. The highest BCUT2D eigenvalue weighted by Crippen LogP contribution is 2.23. The third-order valence-electron chi connectivity index (χ3n) is 2.75. The molecule has 0 bridgehead atoms. The van der Waals surface area contributed by atoms with Crippen LogP contribution in [0.1, 0.15) is 12.5 Å². The molecule has 1 aromatic carbocycles. The number of nitrogens with one attached hydrogen (secondary N) is 1. The van der Waals surface area contributed by atoms with E-state index < -0.39 is 39.6 Å². The summed E-state index contributed by atoms with van der Waals surface area (Å²) in [6.07, 6.45) is 0.279. The van der Waals surface area contributed by atoms with Gasteiger partial charge in [0.2, 0.25) is 10.0 Å². The van der Waals surface area contributed by atoms with Crippen molar-refractivity contribution in [1.82, 2.24) is 4.72 Å². The molecule has 0 spiro atoms. The molecule has 0 aliphatic rings. The highest BCUT2D eigenvalue weighted by atomic mass is 35.5. The molecule has 0 unspecified atom stereocenters. The molecule has 22 heavy (non-hydrogen) atoms. The molecule has 7 nitrogen and oxygen atoms in total. The Morgan fingerprint density at radius 3 is 2.45 bits per heavy atom. The number of aryl methyl sites for hydroxylation is 1. The largest absolute Gasteiger partial charge is 0.325 e. The number of nitrogens with two attached hydrogens (primary N) is 1. The Kier molecular flexibility index (Phi) is 7.29. The molecule has 11 heteroatoms. The lowest BCUT2D eigenvalue weighted by Gasteiger charge is -2.16. The van der Waals surface area contributed by atoms with E-state index in [4.69, 9.17) is 5.73 Å². The number of nitro groups is 1. The van der Waals surface area contributed by atoms with Crippen LogP contribution in [0.4, 0.5) is 14.5 Å². The summed E-state index contributed by atoms with van der Waals surface area (Å²) in [5.74, 6) is -3.39. The van der Waals surface area contributed by atoms with E-state index in [0.29, 0.717) is 5.56 Å². The monoisotopic (exact) mass is 359 g/mol. The van der Waals surface area contributed by atoms with Gasteiger partial charge in [-0.1, -0.05) is 13.0 Å². The van der Waals surface area contributed by atoms with E-state index in [1.54, 1.807) is 11.6 Å². The summed E-state index contributed by atoms with van der Waals surface area (Å²) < 4.78 is 51.9. The molecule has 1 aromatic rings. The topological polar surface area (TPSA) is 115 Å². The fourth-order valence-electron chi connectivity index (χ4n) is 1.55. The molecule has 0 saturated heterocycles. The predicted molar refractivity (Wildman–Crippen MR) is 78.9 cm³/mol. The molecule has 1 rings (SSSR count). The van der Waals surface area contributed by atoms with Crippen LogP contribution in [0.2, 0.25) is 0 Å². The van der Waals surface area contributed by atoms with E-state index in [-0.39, 0.29) is 23.7 Å². The third-order valence-corrected chi connectivity index (χ3v) is 4.23. The SMILES string of the molecule is CCc1ccc([N+](=O)[O-])cc1S(=O)(=O)NCC(F)(F)CN.Cl. The lowest BCUT2D eigenvalue weighted by molar-refractivity contribution is -0.385. The van der Waals surface area contributed by atoms with Gasteiger partial charge in [0.1, 0.15) is 0 Å². The van der Waals surface area contributed by atoms with Gasteiger partial charge in [-0.3, -0.25) is 10.1 Å². The van der Waals surface area contributed by atoms with Crippen molar-refractivity contribution in [1.29, 1.82) is 0 Å². The second kappa shape index (κ2) is 7.77. The van der Waals surface area contributed by atoms with Gasteiger partial charge in [0.25, 0.3) is 11.6 Å². The van der Waals surface area contributed by atoms with Gasteiger partial charge >= 0.3 is 0 Å². The first-order chi connectivity index (χ1) is 9.63. The average molecular weight is 360 g/mol. The van der Waals surface area contributed by atoms with Crippen LogP contribution in [0.3, 0.4) is 0 Å². The predicted octanol–water partition coefficient (Wildman–Crippen LogP) is 1.45. The summed E-state index contributed by atoms with van der Waals surface area (Å²) >= 11 is 0. The van der Waals surface area contributed by atoms with Crippen LogP contribution in [0, 0.1) is 10.1 Å². The van der Waals surface area contributed by atoms with Crippen molar-refractivity contribution in [3.8, 4) is 0 Å². The van der Waals surface area contributed by atoms with E-state index in [0.717, 1.165) is 12.1 Å². The number of non-ortho nitro benzene ring substituents is 1. The van der Waals surface area contributed by atoms with Crippen molar-refractivity contribution in [2.45, 2.75) is 24.2 Å². The molecule has 0 atom stereocenters. The summed E-state index contributed by atoms with van der Waals surface area (Å²) in [7, 11) is -4.29. The maximum absolute atomic E-state index is 13.0. The summed E-state index contributed by atoms with van der Waals surface area (Å²) in [6.45, 7) is -0.530. The zero-order valence-electron chi connectivity index (χ0n) is 11.6. The standard InChI is InChI=1S/C11H15F2N3O4S.ClH/c1-2-8-3-4-9(16(17)18)5-10(8)21(19,20)15-7-11(12,13)6-14;/h3-5,15H,2,6-7,14H2,1H3;1H. The summed E-state index contributed by atoms with van der Waals surface area (Å²) in [6, 6.07) is 3.29. The van der Waals surface area contributed by atoms with Crippen LogP contribution in [0.15, 0.2) is 23.1 Å². The highest BCUT2D eigenvalue weighted by Gasteiger charge is 2.30. The number of alkyl halides is 2. The Labute approximate surface area is 132 Å². The molecular formula is C11H16ClF2N3O4S. The molecule has 0 heterocycles. The Morgan fingerprint density at radius 2 is 2.00 bits per heavy atom. The lowest BCUT2D eigenvalue weighted by atomic mass is 10.1. The smallest absolute Gasteiger partial charge is 0.273 e. The maximum Gasteiger partial charge on any atom is 0.273 e. The first-order valence-electron chi connectivity index (χ1n) is 5.98. The molecule has 0 saturated carbocycles. The molecular weight excluding hydrogens is 344 g/mol. The quantitative estimate of drug-likeness (QED) is 0.564. The number of nitro benzene ring substituents is 1. The van der Waals surface area contributed by atoms with Crippen molar-refractivity contribution in [2.75, 3.05) is 13.1 Å². The second-order valence-electron chi connectivity index (χ2n) is 4.29. The Balaban J connectivity index is 0.00000441. The summed E-state index contributed by atoms with van der Waals surface area (Å²) in [5, 5.41) is 10.7. The fraction of sp³-hybridized carbons (Fsp3) is 0.455. The van der Waals surface area contributed by atoms with Gasteiger partial charge in [-0.05, 0) is 12.0 Å². The van der Waals surface area contributed by atoms with Crippen LogP contribution in [0.25, 0.3) is 0 Å². The number of nitrogens with zero attached hydrogens (tertiary/aromatic N) is 1. The molecule has 0 radical (unpaired) electrons. The maximum atomic E-state index is 13.0. The van der Waals surface area contributed by atoms with Crippen LogP contribution in [-0.2, 0) is 16.4 Å². The van der Waals surface area contributed by atoms with Gasteiger partial charge in [-0.25, -0.2) is 21.9 Å². The van der Waals surface area contributed by atoms with Crippen molar-refractivity contribution < 1.29 is 22.1 Å². The van der Waals surface area contributed by atoms with E-state index >= 15 is 0 Å². The van der Waals surface area contributed by atoms with E-state index in [1.807, 2.05) is 0 Å². The minimum absolute atomic E-state index is 0. The van der Waals surface area contributed by atoms with Crippen molar-refractivity contribution >= 4 is 28.1 Å². The van der Waals surface area contributed by atoms with Crippen LogP contribution in [-0.4, -0.2) is 32.4 Å². The Morgan fingerprint density at radius 1 is 1.41 bits per heavy atom. The number of halogens is 3. The Hall–Kier alpha value is -1.36. The van der Waals surface area contributed by atoms with E-state index in [1.165, 1.54) is 6.07 Å². The zero-order chi connectivity index (χ0) is 16.3. The minimum atomic E-state index is -4.29. The van der Waals surface area contributed by atoms with Crippen molar-refractivity contribution in [2.24, 2.45) is 5.73 Å². The fourth-order valence-corrected chi connectivity index (χ4v) is 2.94. The lowest BCUT2D eigenvalue weighted by Crippen LogP contribution is -2.41. The molecule has 0 aliphatic carbocycles. The van der Waals surface area contributed by atoms with E-state index in [9.17, 15) is 27.3 Å². The van der Waals surface area contributed by atoms with Crippen molar-refractivity contribution in [3.05, 3.63) is 33.9 Å². The molecule has 0 aliphatic heterocycles. The average Bonchev–Trinajstić information content (AvgIpc) is 2.44. The van der Waals surface area contributed by atoms with Gasteiger partial charge in [0, 0.05) is 12.1 Å². The number of benzene rings is 1. The van der Waals surface area contributed by atoms with Crippen molar-refractivity contribution in [3.63, 3.8) is 0 Å². The van der Waals surface area contributed by atoms with Crippen LogP contribution < -0.4 is 10.5 Å². The first kappa shape index (κ1) is 20.6. The second-order valence-corrected chi connectivity index (χ2v) is 6.02. The molecule has 126 valence electrons. The van der Waals surface area contributed by atoms with Gasteiger partial charge in [-0.2, -0.15) is 0 Å². The highest BCUT2D eigenvalue weighted by molar-refractivity contribution is 7.89.